The van der Waals surface area contributed by atoms with Gasteiger partial charge in [-0.1, -0.05) is 86.8 Å². The summed E-state index contributed by atoms with van der Waals surface area (Å²) < 4.78 is 0. The molecular formula is C21H29NO. The van der Waals surface area contributed by atoms with Crippen molar-refractivity contribution in [3.05, 3.63) is 71.8 Å². The molecule has 0 amide bonds. The number of rotatable bonds is 10. The van der Waals surface area contributed by atoms with E-state index in [1.54, 1.807) is 0 Å². The van der Waals surface area contributed by atoms with Crippen molar-refractivity contribution in [3.63, 3.8) is 0 Å². The van der Waals surface area contributed by atoms with Crippen LogP contribution in [0.4, 0.5) is 0 Å². The fraction of sp³-hybridized carbons (Fsp3) is 0.429. The number of hydrogen-bond donors (Lipinski definition) is 1. The van der Waals surface area contributed by atoms with E-state index in [9.17, 15) is 5.11 Å². The van der Waals surface area contributed by atoms with Crippen LogP contribution in [-0.4, -0.2) is 22.7 Å². The largest absolute Gasteiger partial charge is 0.392 e. The van der Waals surface area contributed by atoms with Crippen molar-refractivity contribution in [1.82, 2.24) is 4.90 Å². The van der Waals surface area contributed by atoms with E-state index < -0.39 is 0 Å². The normalized spacial score (nSPS) is 12.5. The zero-order valence-corrected chi connectivity index (χ0v) is 14.2. The Hall–Kier alpha value is -1.64. The minimum absolute atomic E-state index is 0.242. The van der Waals surface area contributed by atoms with Gasteiger partial charge >= 0.3 is 0 Å². The lowest BCUT2D eigenvalue weighted by atomic mass is 10.1. The number of nitrogens with zero attached hydrogens (tertiary/aromatic N) is 1. The molecule has 0 aliphatic carbocycles. The van der Waals surface area contributed by atoms with Gasteiger partial charge in [-0.25, -0.2) is 0 Å². The molecule has 0 aliphatic heterocycles. The number of hydrogen-bond acceptors (Lipinski definition) is 2. The number of unbranched alkanes of at least 4 members (excludes halogenated alkanes) is 2. The molecule has 1 N–H and O–H groups in total. The Morgan fingerprint density at radius 2 is 1.35 bits per heavy atom. The van der Waals surface area contributed by atoms with Gasteiger partial charge in [-0.3, -0.25) is 4.90 Å². The third-order valence-corrected chi connectivity index (χ3v) is 4.11. The average Bonchev–Trinajstić information content (AvgIpc) is 2.57. The molecule has 0 fully saturated rings. The van der Waals surface area contributed by atoms with Gasteiger partial charge in [0.05, 0.1) is 6.10 Å². The summed E-state index contributed by atoms with van der Waals surface area (Å²) in [4.78, 5) is 2.35. The first-order valence-corrected chi connectivity index (χ1v) is 8.76. The molecule has 0 bridgehead atoms. The van der Waals surface area contributed by atoms with Crippen LogP contribution in [0.15, 0.2) is 60.7 Å². The van der Waals surface area contributed by atoms with Gasteiger partial charge in [-0.15, -0.1) is 0 Å². The highest BCUT2D eigenvalue weighted by Crippen LogP contribution is 2.13. The van der Waals surface area contributed by atoms with Crippen LogP contribution >= 0.6 is 0 Å². The van der Waals surface area contributed by atoms with E-state index in [0.717, 1.165) is 32.5 Å². The lowest BCUT2D eigenvalue weighted by molar-refractivity contribution is 0.0955. The van der Waals surface area contributed by atoms with E-state index >= 15 is 0 Å². The van der Waals surface area contributed by atoms with Crippen LogP contribution in [0.5, 0.6) is 0 Å². The second-order valence-corrected chi connectivity index (χ2v) is 6.29. The van der Waals surface area contributed by atoms with Crippen molar-refractivity contribution in [2.24, 2.45) is 0 Å². The molecule has 0 saturated carbocycles. The summed E-state index contributed by atoms with van der Waals surface area (Å²) in [5, 5.41) is 10.4. The summed E-state index contributed by atoms with van der Waals surface area (Å²) in [6.07, 6.45) is 4.17. The number of aliphatic hydroxyl groups excluding tert-OH is 1. The molecule has 23 heavy (non-hydrogen) atoms. The van der Waals surface area contributed by atoms with E-state index in [4.69, 9.17) is 0 Å². The van der Waals surface area contributed by atoms with Crippen molar-refractivity contribution in [3.8, 4) is 0 Å². The summed E-state index contributed by atoms with van der Waals surface area (Å²) in [5.41, 5.74) is 2.59. The fourth-order valence-electron chi connectivity index (χ4n) is 2.89. The minimum atomic E-state index is -0.242. The van der Waals surface area contributed by atoms with Crippen molar-refractivity contribution in [1.29, 1.82) is 0 Å². The highest BCUT2D eigenvalue weighted by molar-refractivity contribution is 5.17. The molecule has 2 aromatic carbocycles. The summed E-state index contributed by atoms with van der Waals surface area (Å²) >= 11 is 0. The van der Waals surface area contributed by atoms with Gasteiger partial charge in [0.15, 0.2) is 0 Å². The van der Waals surface area contributed by atoms with E-state index in [1.165, 1.54) is 24.0 Å². The molecule has 1 unspecified atom stereocenters. The fourth-order valence-corrected chi connectivity index (χ4v) is 2.89. The molecule has 2 rings (SSSR count). The minimum Gasteiger partial charge on any atom is -0.392 e. The zero-order valence-electron chi connectivity index (χ0n) is 14.2. The summed E-state index contributed by atoms with van der Waals surface area (Å²) in [5.74, 6) is 0. The quantitative estimate of drug-likeness (QED) is 0.647. The zero-order chi connectivity index (χ0) is 16.3. The van der Waals surface area contributed by atoms with Crippen molar-refractivity contribution in [2.45, 2.75) is 51.8 Å². The van der Waals surface area contributed by atoms with Crippen LogP contribution in [0.25, 0.3) is 0 Å². The van der Waals surface area contributed by atoms with Crippen LogP contribution in [0.3, 0.4) is 0 Å². The molecule has 0 radical (unpaired) electrons. The van der Waals surface area contributed by atoms with E-state index in [1.807, 2.05) is 12.1 Å². The van der Waals surface area contributed by atoms with Crippen molar-refractivity contribution in [2.75, 3.05) is 6.54 Å². The molecule has 124 valence electrons. The maximum absolute atomic E-state index is 10.4. The van der Waals surface area contributed by atoms with E-state index in [2.05, 4.69) is 60.4 Å². The molecule has 0 aliphatic rings. The van der Waals surface area contributed by atoms with Gasteiger partial charge in [0.2, 0.25) is 0 Å². The second-order valence-electron chi connectivity index (χ2n) is 6.29. The number of aliphatic hydroxyl groups is 1. The van der Waals surface area contributed by atoms with Crippen LogP contribution < -0.4 is 0 Å². The standard InChI is InChI=1S/C21H29NO/c1-2-3-6-15-21(23)18-22(16-19-11-7-4-8-12-19)17-20-13-9-5-10-14-20/h4-5,7-14,21,23H,2-3,6,15-18H2,1H3. The average molecular weight is 311 g/mol. The Labute approximate surface area is 140 Å². The maximum atomic E-state index is 10.4. The van der Waals surface area contributed by atoms with Crippen LogP contribution in [0.1, 0.15) is 43.7 Å². The van der Waals surface area contributed by atoms with Crippen molar-refractivity contribution < 1.29 is 5.11 Å². The summed E-state index contributed by atoms with van der Waals surface area (Å²) in [6.45, 7) is 4.68. The SMILES string of the molecule is CCCCCC(O)CN(Cc1ccccc1)Cc1ccccc1. The molecule has 2 heteroatoms. The topological polar surface area (TPSA) is 23.5 Å². The van der Waals surface area contributed by atoms with Gasteiger partial charge < -0.3 is 5.11 Å². The Bertz CT molecular complexity index is 485. The lowest BCUT2D eigenvalue weighted by Gasteiger charge is -2.25. The Morgan fingerprint density at radius 1 is 0.826 bits per heavy atom. The second kappa shape index (κ2) is 10.2. The van der Waals surface area contributed by atoms with Crippen LogP contribution in [0.2, 0.25) is 0 Å². The van der Waals surface area contributed by atoms with Gasteiger partial charge in [-0.2, -0.15) is 0 Å². The van der Waals surface area contributed by atoms with E-state index in [-0.39, 0.29) is 6.10 Å². The van der Waals surface area contributed by atoms with Crippen LogP contribution in [-0.2, 0) is 13.1 Å². The first kappa shape index (κ1) is 17.7. The van der Waals surface area contributed by atoms with Gasteiger partial charge in [0, 0.05) is 19.6 Å². The van der Waals surface area contributed by atoms with Gasteiger partial charge in [-0.05, 0) is 17.5 Å². The van der Waals surface area contributed by atoms with E-state index in [0.29, 0.717) is 0 Å². The molecule has 0 spiro atoms. The van der Waals surface area contributed by atoms with Crippen LogP contribution in [0, 0.1) is 0 Å². The summed E-state index contributed by atoms with van der Waals surface area (Å²) in [7, 11) is 0. The van der Waals surface area contributed by atoms with Gasteiger partial charge in [0.25, 0.3) is 0 Å². The van der Waals surface area contributed by atoms with Crippen molar-refractivity contribution >= 4 is 0 Å². The molecule has 1 atom stereocenters. The predicted octanol–water partition coefficient (Wildman–Crippen LogP) is 4.63. The Morgan fingerprint density at radius 3 is 1.83 bits per heavy atom. The predicted molar refractivity (Wildman–Crippen MR) is 97.1 cm³/mol. The third kappa shape index (κ3) is 6.98. The van der Waals surface area contributed by atoms with Gasteiger partial charge in [0.1, 0.15) is 0 Å². The molecule has 2 nitrogen and oxygen atoms in total. The molecular weight excluding hydrogens is 282 g/mol. The molecule has 0 aromatic heterocycles. The number of benzene rings is 2. The molecule has 0 saturated heterocycles. The maximum Gasteiger partial charge on any atom is 0.0667 e. The first-order chi connectivity index (χ1) is 11.3. The monoisotopic (exact) mass is 311 g/mol. The Balaban J connectivity index is 1.96. The molecule has 2 aromatic rings. The molecule has 0 heterocycles. The highest BCUT2D eigenvalue weighted by atomic mass is 16.3. The lowest BCUT2D eigenvalue weighted by Crippen LogP contribution is -2.31. The highest BCUT2D eigenvalue weighted by Gasteiger charge is 2.12. The first-order valence-electron chi connectivity index (χ1n) is 8.76. The summed E-state index contributed by atoms with van der Waals surface area (Å²) in [6, 6.07) is 21.0. The third-order valence-electron chi connectivity index (χ3n) is 4.11. The Kier molecular flexibility index (Phi) is 7.85. The smallest absolute Gasteiger partial charge is 0.0667 e.